The van der Waals surface area contributed by atoms with Crippen molar-refractivity contribution in [3.05, 3.63) is 69.9 Å². The van der Waals surface area contributed by atoms with Gasteiger partial charge >= 0.3 is 0 Å². The van der Waals surface area contributed by atoms with E-state index in [1.165, 1.54) is 0 Å². The van der Waals surface area contributed by atoms with Gasteiger partial charge in [-0.3, -0.25) is 4.79 Å². The van der Waals surface area contributed by atoms with E-state index in [2.05, 4.69) is 16.4 Å². The van der Waals surface area contributed by atoms with Crippen LogP contribution in [-0.2, 0) is 6.42 Å². The second-order valence-electron chi connectivity index (χ2n) is 7.39. The Balaban J connectivity index is 1.40. The third-order valence-electron chi connectivity index (χ3n) is 5.13. The predicted octanol–water partition coefficient (Wildman–Crippen LogP) is 5.46. The van der Waals surface area contributed by atoms with E-state index in [4.69, 9.17) is 9.15 Å². The Morgan fingerprint density at radius 3 is 2.67 bits per heavy atom. The molecule has 2 aromatic heterocycles. The molecule has 6 heteroatoms. The number of methoxy groups -OCH3 is 1. The number of ether oxygens (including phenoxy) is 1. The molecular formula is C24H24N2O3S. The van der Waals surface area contributed by atoms with E-state index in [9.17, 15) is 4.79 Å². The Labute approximate surface area is 179 Å². The van der Waals surface area contributed by atoms with Crippen LogP contribution in [0.15, 0.2) is 46.2 Å². The highest BCUT2D eigenvalue weighted by molar-refractivity contribution is 7.13. The molecule has 0 aliphatic heterocycles. The van der Waals surface area contributed by atoms with E-state index in [-0.39, 0.29) is 5.91 Å². The topological polar surface area (TPSA) is 64.4 Å². The van der Waals surface area contributed by atoms with Crippen molar-refractivity contribution in [2.75, 3.05) is 13.7 Å². The van der Waals surface area contributed by atoms with Crippen LogP contribution in [0.2, 0.25) is 0 Å². The molecule has 0 saturated heterocycles. The van der Waals surface area contributed by atoms with E-state index in [0.717, 1.165) is 49.7 Å². The van der Waals surface area contributed by atoms with Crippen molar-refractivity contribution in [1.82, 2.24) is 10.3 Å². The monoisotopic (exact) mass is 420 g/mol. The normalized spacial score (nSPS) is 11.1. The SMILES string of the molecule is COc1ccc(-c2nc(CCNC(=O)c3oc4cc(C)cc(C)c4c3C)cs2)cc1. The van der Waals surface area contributed by atoms with Crippen LogP contribution in [0.3, 0.4) is 0 Å². The maximum absolute atomic E-state index is 12.7. The van der Waals surface area contributed by atoms with Gasteiger partial charge in [0.05, 0.1) is 12.8 Å². The first kappa shape index (κ1) is 20.2. The highest BCUT2D eigenvalue weighted by Crippen LogP contribution is 2.29. The van der Waals surface area contributed by atoms with Gasteiger partial charge in [-0.15, -0.1) is 11.3 Å². The summed E-state index contributed by atoms with van der Waals surface area (Å²) in [4.78, 5) is 17.4. The molecule has 0 fully saturated rings. The van der Waals surface area contributed by atoms with Crippen LogP contribution in [0.5, 0.6) is 5.75 Å². The molecule has 0 radical (unpaired) electrons. The van der Waals surface area contributed by atoms with Crippen LogP contribution in [0.1, 0.15) is 32.9 Å². The molecule has 1 N–H and O–H groups in total. The van der Waals surface area contributed by atoms with Gasteiger partial charge in [-0.2, -0.15) is 0 Å². The predicted molar refractivity (Wildman–Crippen MR) is 121 cm³/mol. The lowest BCUT2D eigenvalue weighted by atomic mass is 10.0. The van der Waals surface area contributed by atoms with E-state index >= 15 is 0 Å². The molecule has 0 bridgehead atoms. The van der Waals surface area contributed by atoms with E-state index < -0.39 is 0 Å². The molecule has 0 aliphatic rings. The van der Waals surface area contributed by atoms with E-state index in [1.54, 1.807) is 18.4 Å². The van der Waals surface area contributed by atoms with Crippen molar-refractivity contribution in [1.29, 1.82) is 0 Å². The minimum absolute atomic E-state index is 0.189. The highest BCUT2D eigenvalue weighted by atomic mass is 32.1. The zero-order valence-electron chi connectivity index (χ0n) is 17.5. The first-order chi connectivity index (χ1) is 14.5. The highest BCUT2D eigenvalue weighted by Gasteiger charge is 2.19. The van der Waals surface area contributed by atoms with Gasteiger partial charge in [-0.1, -0.05) is 6.07 Å². The number of hydrogen-bond donors (Lipinski definition) is 1. The van der Waals surface area contributed by atoms with Crippen LogP contribution >= 0.6 is 11.3 Å². The van der Waals surface area contributed by atoms with Crippen LogP contribution in [-0.4, -0.2) is 24.5 Å². The van der Waals surface area contributed by atoms with Crippen molar-refractivity contribution < 1.29 is 13.9 Å². The molecule has 0 spiro atoms. The molecule has 0 unspecified atom stereocenters. The van der Waals surface area contributed by atoms with Crippen molar-refractivity contribution in [2.24, 2.45) is 0 Å². The Morgan fingerprint density at radius 2 is 1.93 bits per heavy atom. The average molecular weight is 421 g/mol. The number of furan rings is 1. The first-order valence-corrected chi connectivity index (χ1v) is 10.7. The molecule has 2 heterocycles. The largest absolute Gasteiger partial charge is 0.497 e. The van der Waals surface area contributed by atoms with Crippen molar-refractivity contribution in [3.63, 3.8) is 0 Å². The lowest BCUT2D eigenvalue weighted by Gasteiger charge is -2.03. The molecule has 4 aromatic rings. The molecule has 0 saturated carbocycles. The van der Waals surface area contributed by atoms with Crippen LogP contribution < -0.4 is 10.1 Å². The van der Waals surface area contributed by atoms with Gasteiger partial charge in [-0.05, 0) is 62.2 Å². The fraction of sp³-hybridized carbons (Fsp3) is 0.250. The summed E-state index contributed by atoms with van der Waals surface area (Å²) in [5, 5.41) is 6.97. The number of carbonyl (C=O) groups excluding carboxylic acids is 1. The van der Waals surface area contributed by atoms with Gasteiger partial charge in [0.2, 0.25) is 0 Å². The van der Waals surface area contributed by atoms with Crippen molar-refractivity contribution >= 4 is 28.2 Å². The van der Waals surface area contributed by atoms with E-state index in [0.29, 0.717) is 18.7 Å². The lowest BCUT2D eigenvalue weighted by molar-refractivity contribution is 0.0927. The molecule has 154 valence electrons. The quantitative estimate of drug-likeness (QED) is 0.450. The number of carbonyl (C=O) groups is 1. The lowest BCUT2D eigenvalue weighted by Crippen LogP contribution is -2.25. The fourth-order valence-corrected chi connectivity index (χ4v) is 4.54. The molecule has 1 amide bonds. The first-order valence-electron chi connectivity index (χ1n) is 9.83. The Kier molecular flexibility index (Phi) is 5.59. The van der Waals surface area contributed by atoms with Gasteiger partial charge in [-0.25, -0.2) is 4.98 Å². The summed E-state index contributed by atoms with van der Waals surface area (Å²) in [6.07, 6.45) is 0.663. The number of aryl methyl sites for hydroxylation is 3. The van der Waals surface area contributed by atoms with E-state index in [1.807, 2.05) is 56.5 Å². The second-order valence-corrected chi connectivity index (χ2v) is 8.25. The number of nitrogens with one attached hydrogen (secondary N) is 1. The number of nitrogens with zero attached hydrogens (tertiary/aromatic N) is 1. The van der Waals surface area contributed by atoms with Gasteiger partial charge in [0.15, 0.2) is 5.76 Å². The molecule has 30 heavy (non-hydrogen) atoms. The van der Waals surface area contributed by atoms with Crippen molar-refractivity contribution in [3.8, 4) is 16.3 Å². The van der Waals surface area contributed by atoms with Crippen LogP contribution in [0.4, 0.5) is 0 Å². The second kappa shape index (κ2) is 8.32. The van der Waals surface area contributed by atoms with Crippen LogP contribution in [0.25, 0.3) is 21.5 Å². The van der Waals surface area contributed by atoms with Gasteiger partial charge < -0.3 is 14.5 Å². The summed E-state index contributed by atoms with van der Waals surface area (Å²) in [5.41, 5.74) is 5.91. The average Bonchev–Trinajstić information content (AvgIpc) is 3.32. The Bertz CT molecular complexity index is 1210. The maximum atomic E-state index is 12.7. The minimum atomic E-state index is -0.189. The standard InChI is InChI=1S/C24H24N2O3S/c1-14-11-15(2)21-16(3)22(29-20(21)12-14)23(27)25-10-9-18-13-30-24(26-18)17-5-7-19(28-4)8-6-17/h5-8,11-13H,9-10H2,1-4H3,(H,25,27). The van der Waals surface area contributed by atoms with Gasteiger partial charge in [0.25, 0.3) is 5.91 Å². The number of rotatable bonds is 6. The number of thiazole rings is 1. The zero-order chi connectivity index (χ0) is 21.3. The number of hydrogen-bond acceptors (Lipinski definition) is 5. The molecule has 0 atom stereocenters. The van der Waals surface area contributed by atoms with Gasteiger partial charge in [0.1, 0.15) is 16.3 Å². The zero-order valence-corrected chi connectivity index (χ0v) is 18.4. The number of benzene rings is 2. The molecule has 5 nitrogen and oxygen atoms in total. The van der Waals surface area contributed by atoms with Crippen molar-refractivity contribution in [2.45, 2.75) is 27.2 Å². The number of aromatic nitrogens is 1. The summed E-state index contributed by atoms with van der Waals surface area (Å²) in [5.74, 6) is 1.02. The maximum Gasteiger partial charge on any atom is 0.287 e. The summed E-state index contributed by atoms with van der Waals surface area (Å²) in [6.45, 7) is 6.50. The summed E-state index contributed by atoms with van der Waals surface area (Å²) >= 11 is 1.60. The molecule has 2 aromatic carbocycles. The summed E-state index contributed by atoms with van der Waals surface area (Å²) in [6, 6.07) is 11.9. The number of fused-ring (bicyclic) bond motifs is 1. The minimum Gasteiger partial charge on any atom is -0.497 e. The fourth-order valence-electron chi connectivity index (χ4n) is 3.68. The molecule has 4 rings (SSSR count). The summed E-state index contributed by atoms with van der Waals surface area (Å²) in [7, 11) is 1.65. The summed E-state index contributed by atoms with van der Waals surface area (Å²) < 4.78 is 11.1. The molecule has 0 aliphatic carbocycles. The molecular weight excluding hydrogens is 396 g/mol. The Morgan fingerprint density at radius 1 is 1.17 bits per heavy atom. The van der Waals surface area contributed by atoms with Crippen LogP contribution in [0, 0.1) is 20.8 Å². The third kappa shape index (κ3) is 3.96. The smallest absolute Gasteiger partial charge is 0.287 e. The third-order valence-corrected chi connectivity index (χ3v) is 6.07. The Hall–Kier alpha value is -3.12. The van der Waals surface area contributed by atoms with Gasteiger partial charge in [0, 0.05) is 34.9 Å². The number of amides is 1.